The third-order valence-corrected chi connectivity index (χ3v) is 6.26. The fraction of sp³-hybridized carbons (Fsp3) is 0.250. The Morgan fingerprint density at radius 2 is 2.03 bits per heavy atom. The summed E-state index contributed by atoms with van der Waals surface area (Å²) >= 11 is 8.45. The molecule has 31 heavy (non-hydrogen) atoms. The molecule has 0 spiro atoms. The first-order chi connectivity index (χ1) is 14.7. The Morgan fingerprint density at radius 1 is 1.26 bits per heavy atom. The number of aromatic nitrogens is 3. The van der Waals surface area contributed by atoms with Gasteiger partial charge in [0.2, 0.25) is 5.91 Å². The summed E-state index contributed by atoms with van der Waals surface area (Å²) < 4.78 is 0. The highest BCUT2D eigenvalue weighted by atomic mass is 35.5. The predicted molar refractivity (Wildman–Crippen MR) is 123 cm³/mol. The van der Waals surface area contributed by atoms with Gasteiger partial charge < -0.3 is 15.2 Å². The zero-order valence-electron chi connectivity index (χ0n) is 17.1. The minimum Gasteiger partial charge on any atom is -0.344 e. The number of rotatable bonds is 7. The van der Waals surface area contributed by atoms with Crippen LogP contribution in [-0.4, -0.2) is 45.8 Å². The van der Waals surface area contributed by atoms with Crippen LogP contribution in [0.2, 0.25) is 5.02 Å². The smallest absolute Gasteiger partial charge is 0.265 e. The molecular formula is C20H20ClN5O3S2. The maximum atomic E-state index is 12.4. The lowest BCUT2D eigenvalue weighted by Crippen LogP contribution is -2.21. The molecule has 11 heteroatoms. The maximum absolute atomic E-state index is 12.4. The summed E-state index contributed by atoms with van der Waals surface area (Å²) in [5, 5.41) is 4.05. The summed E-state index contributed by atoms with van der Waals surface area (Å²) in [7, 11) is 3.31. The Bertz CT molecular complexity index is 1180. The molecule has 162 valence electrons. The summed E-state index contributed by atoms with van der Waals surface area (Å²) in [4.78, 5) is 49.7. The molecule has 0 atom stereocenters. The fourth-order valence-electron chi connectivity index (χ4n) is 2.60. The molecule has 0 fully saturated rings. The molecule has 8 nitrogen and oxygen atoms in total. The monoisotopic (exact) mass is 477 g/mol. The van der Waals surface area contributed by atoms with E-state index in [1.165, 1.54) is 22.7 Å². The van der Waals surface area contributed by atoms with Crippen molar-refractivity contribution < 1.29 is 9.59 Å². The lowest BCUT2D eigenvalue weighted by molar-refractivity contribution is -0.115. The second-order valence-corrected chi connectivity index (χ2v) is 9.22. The van der Waals surface area contributed by atoms with Crippen LogP contribution in [0.3, 0.4) is 0 Å². The van der Waals surface area contributed by atoms with Crippen LogP contribution in [0.15, 0.2) is 40.3 Å². The number of nitrogens with one attached hydrogen (secondary N) is 2. The fourth-order valence-corrected chi connectivity index (χ4v) is 4.65. The highest BCUT2D eigenvalue weighted by molar-refractivity contribution is 7.98. The van der Waals surface area contributed by atoms with Gasteiger partial charge in [-0.3, -0.25) is 14.4 Å². The Morgan fingerprint density at radius 3 is 2.74 bits per heavy atom. The maximum Gasteiger partial charge on any atom is 0.265 e. The molecule has 0 aliphatic heterocycles. The van der Waals surface area contributed by atoms with Crippen molar-refractivity contribution in [1.82, 2.24) is 19.9 Å². The van der Waals surface area contributed by atoms with Gasteiger partial charge in [0.15, 0.2) is 10.3 Å². The highest BCUT2D eigenvalue weighted by Gasteiger charge is 2.18. The van der Waals surface area contributed by atoms with E-state index in [0.717, 1.165) is 16.9 Å². The molecule has 0 bridgehead atoms. The van der Waals surface area contributed by atoms with Crippen molar-refractivity contribution >= 4 is 51.6 Å². The topological polar surface area (TPSA) is 108 Å². The van der Waals surface area contributed by atoms with Crippen LogP contribution in [0.5, 0.6) is 0 Å². The molecule has 2 heterocycles. The van der Waals surface area contributed by atoms with Crippen LogP contribution < -0.4 is 10.9 Å². The van der Waals surface area contributed by atoms with Crippen LogP contribution >= 0.6 is 34.7 Å². The SMILES string of the molecule is Cc1nc(NC(=O)Cc2cc(=O)[nH]c(SCc3cccc(Cl)c3)n2)sc1C(=O)N(C)C. The number of amides is 2. The van der Waals surface area contributed by atoms with Gasteiger partial charge in [0, 0.05) is 30.9 Å². The van der Waals surface area contributed by atoms with Crippen LogP contribution in [0, 0.1) is 6.92 Å². The van der Waals surface area contributed by atoms with Gasteiger partial charge in [-0.2, -0.15) is 0 Å². The largest absolute Gasteiger partial charge is 0.344 e. The van der Waals surface area contributed by atoms with E-state index in [1.54, 1.807) is 27.1 Å². The van der Waals surface area contributed by atoms with E-state index < -0.39 is 0 Å². The summed E-state index contributed by atoms with van der Waals surface area (Å²) in [6, 6.07) is 8.71. The number of aromatic amines is 1. The van der Waals surface area contributed by atoms with Crippen molar-refractivity contribution in [3.8, 4) is 0 Å². The number of H-pyrrole nitrogens is 1. The zero-order valence-corrected chi connectivity index (χ0v) is 19.5. The molecule has 0 aliphatic rings. The number of carbonyl (C=O) groups excluding carboxylic acids is 2. The Balaban J connectivity index is 1.65. The van der Waals surface area contributed by atoms with Crippen LogP contribution in [-0.2, 0) is 17.0 Å². The summed E-state index contributed by atoms with van der Waals surface area (Å²) in [6.07, 6.45) is -0.0930. The standard InChI is InChI=1S/C20H20ClN5O3S2/c1-11-17(18(29)26(2)3)31-20(22-11)25-16(28)9-14-8-15(27)24-19(23-14)30-10-12-5-4-6-13(21)7-12/h4-8H,9-10H2,1-3H3,(H,22,25,28)(H,23,24,27). The highest BCUT2D eigenvalue weighted by Crippen LogP contribution is 2.24. The molecule has 2 amide bonds. The third-order valence-electron chi connectivity index (χ3n) is 4.02. The second kappa shape index (κ2) is 10.1. The molecule has 0 saturated heterocycles. The van der Waals surface area contributed by atoms with Crippen molar-refractivity contribution in [3.63, 3.8) is 0 Å². The Hall–Kier alpha value is -2.69. The van der Waals surface area contributed by atoms with Crippen molar-refractivity contribution in [2.24, 2.45) is 0 Å². The van der Waals surface area contributed by atoms with Gasteiger partial charge in [-0.25, -0.2) is 9.97 Å². The molecule has 1 aromatic carbocycles. The quantitative estimate of drug-likeness (QED) is 0.399. The molecule has 3 aromatic rings. The minimum absolute atomic E-state index is 0.0930. The summed E-state index contributed by atoms with van der Waals surface area (Å²) in [5.74, 6) is 0.0230. The Kier molecular flexibility index (Phi) is 7.47. The van der Waals surface area contributed by atoms with Crippen molar-refractivity contribution in [1.29, 1.82) is 0 Å². The van der Waals surface area contributed by atoms with Gasteiger partial charge in [0.05, 0.1) is 17.8 Å². The minimum atomic E-state index is -0.374. The molecule has 2 aromatic heterocycles. The first kappa shape index (κ1) is 23.0. The number of anilines is 1. The van der Waals surface area contributed by atoms with Crippen molar-refractivity contribution in [2.45, 2.75) is 24.3 Å². The van der Waals surface area contributed by atoms with E-state index in [9.17, 15) is 14.4 Å². The first-order valence-corrected chi connectivity index (χ1v) is 11.4. The molecule has 0 aliphatic carbocycles. The number of thioether (sulfide) groups is 1. The molecule has 0 unspecified atom stereocenters. The van der Waals surface area contributed by atoms with E-state index in [2.05, 4.69) is 20.3 Å². The number of hydrogen-bond donors (Lipinski definition) is 2. The normalized spacial score (nSPS) is 10.7. The second-order valence-electron chi connectivity index (χ2n) is 6.82. The Labute approximate surface area is 192 Å². The van der Waals surface area contributed by atoms with E-state index >= 15 is 0 Å². The third kappa shape index (κ3) is 6.39. The van der Waals surface area contributed by atoms with Crippen LogP contribution in [0.25, 0.3) is 0 Å². The number of nitrogens with zero attached hydrogens (tertiary/aromatic N) is 3. The molecule has 3 rings (SSSR count). The van der Waals surface area contributed by atoms with Gasteiger partial charge in [0.25, 0.3) is 11.5 Å². The van der Waals surface area contributed by atoms with Gasteiger partial charge in [-0.1, -0.05) is 46.8 Å². The number of thiazole rings is 1. The first-order valence-electron chi connectivity index (χ1n) is 9.17. The van der Waals surface area contributed by atoms with Crippen molar-refractivity contribution in [3.05, 3.63) is 67.5 Å². The lowest BCUT2D eigenvalue weighted by atomic mass is 10.2. The number of benzene rings is 1. The predicted octanol–water partition coefficient (Wildman–Crippen LogP) is 3.36. The lowest BCUT2D eigenvalue weighted by Gasteiger charge is -2.07. The molecule has 0 saturated carbocycles. The van der Waals surface area contributed by atoms with Gasteiger partial charge in [0.1, 0.15) is 4.88 Å². The van der Waals surface area contributed by atoms with E-state index in [1.807, 2.05) is 18.2 Å². The summed E-state index contributed by atoms with van der Waals surface area (Å²) in [6.45, 7) is 1.71. The van der Waals surface area contributed by atoms with Gasteiger partial charge in [-0.15, -0.1) is 0 Å². The molecule has 0 radical (unpaired) electrons. The van der Waals surface area contributed by atoms with Gasteiger partial charge >= 0.3 is 0 Å². The van der Waals surface area contributed by atoms with E-state index in [4.69, 9.17) is 11.6 Å². The van der Waals surface area contributed by atoms with Crippen LogP contribution in [0.1, 0.15) is 26.6 Å². The van der Waals surface area contributed by atoms with Gasteiger partial charge in [-0.05, 0) is 24.6 Å². The van der Waals surface area contributed by atoms with E-state index in [-0.39, 0.29) is 23.8 Å². The summed E-state index contributed by atoms with van der Waals surface area (Å²) in [5.41, 5.74) is 1.54. The van der Waals surface area contributed by atoms with E-state index in [0.29, 0.717) is 37.3 Å². The zero-order chi connectivity index (χ0) is 22.5. The number of carbonyl (C=O) groups is 2. The van der Waals surface area contributed by atoms with Crippen LogP contribution in [0.4, 0.5) is 5.13 Å². The number of hydrogen-bond acceptors (Lipinski definition) is 7. The number of aryl methyl sites for hydroxylation is 1. The molecule has 2 N–H and O–H groups in total. The number of halogens is 1. The average molecular weight is 478 g/mol. The molecular weight excluding hydrogens is 458 g/mol. The average Bonchev–Trinajstić information content (AvgIpc) is 3.05. The van der Waals surface area contributed by atoms with Crippen molar-refractivity contribution in [2.75, 3.05) is 19.4 Å².